The molecule has 2 aromatic rings. The number of aryl methyl sites for hydroxylation is 2. The molecule has 0 saturated heterocycles. The van der Waals surface area contributed by atoms with Gasteiger partial charge in [-0.2, -0.15) is 0 Å². The molecule has 0 atom stereocenters. The summed E-state index contributed by atoms with van der Waals surface area (Å²) in [6, 6.07) is 5.96. The highest BCUT2D eigenvalue weighted by molar-refractivity contribution is 5.66. The molecule has 82 valence electrons. The van der Waals surface area contributed by atoms with E-state index in [1.807, 2.05) is 32.0 Å². The Bertz CT molecular complexity index is 509. The monoisotopic (exact) mass is 214 g/mol. The third kappa shape index (κ3) is 1.89. The van der Waals surface area contributed by atoms with Gasteiger partial charge in [-0.3, -0.25) is 9.97 Å². The van der Waals surface area contributed by atoms with Crippen LogP contribution in [0.15, 0.2) is 30.6 Å². The molecule has 1 heterocycles. The van der Waals surface area contributed by atoms with E-state index in [9.17, 15) is 0 Å². The van der Waals surface area contributed by atoms with Crippen LogP contribution in [-0.4, -0.2) is 17.1 Å². The van der Waals surface area contributed by atoms with Gasteiger partial charge in [-0.15, -0.1) is 0 Å². The van der Waals surface area contributed by atoms with E-state index in [2.05, 4.69) is 9.97 Å². The van der Waals surface area contributed by atoms with Crippen molar-refractivity contribution in [2.75, 3.05) is 7.11 Å². The lowest BCUT2D eigenvalue weighted by atomic mass is 10.0. The molecule has 1 aromatic heterocycles. The Balaban J connectivity index is 2.53. The third-order valence-corrected chi connectivity index (χ3v) is 2.57. The molecule has 16 heavy (non-hydrogen) atoms. The molecule has 1 aromatic carbocycles. The van der Waals surface area contributed by atoms with Crippen LogP contribution in [0.2, 0.25) is 0 Å². The molecule has 0 aliphatic carbocycles. The average molecular weight is 214 g/mol. The zero-order chi connectivity index (χ0) is 11.5. The van der Waals surface area contributed by atoms with E-state index < -0.39 is 0 Å². The summed E-state index contributed by atoms with van der Waals surface area (Å²) < 4.78 is 5.18. The van der Waals surface area contributed by atoms with Gasteiger partial charge in [-0.05, 0) is 37.6 Å². The van der Waals surface area contributed by atoms with E-state index in [1.54, 1.807) is 19.5 Å². The van der Waals surface area contributed by atoms with Crippen molar-refractivity contribution < 1.29 is 4.74 Å². The molecule has 0 bridgehead atoms. The topological polar surface area (TPSA) is 35.0 Å². The Kier molecular flexibility index (Phi) is 2.86. The molecule has 3 nitrogen and oxygen atoms in total. The van der Waals surface area contributed by atoms with Crippen LogP contribution in [0.25, 0.3) is 11.3 Å². The highest BCUT2D eigenvalue weighted by atomic mass is 16.5. The number of benzene rings is 1. The first-order chi connectivity index (χ1) is 7.72. The van der Waals surface area contributed by atoms with E-state index in [0.29, 0.717) is 0 Å². The molecular formula is C13H14N2O. The Labute approximate surface area is 95.1 Å². The Morgan fingerprint density at radius 1 is 1.06 bits per heavy atom. The molecule has 0 unspecified atom stereocenters. The van der Waals surface area contributed by atoms with Gasteiger partial charge in [0.25, 0.3) is 0 Å². The van der Waals surface area contributed by atoms with Gasteiger partial charge in [0.15, 0.2) is 0 Å². The normalized spacial score (nSPS) is 10.2. The molecule has 2 rings (SSSR count). The first-order valence-corrected chi connectivity index (χ1v) is 5.15. The Hall–Kier alpha value is -1.90. The van der Waals surface area contributed by atoms with Crippen molar-refractivity contribution in [3.63, 3.8) is 0 Å². The number of hydrogen-bond donors (Lipinski definition) is 0. The number of rotatable bonds is 2. The summed E-state index contributed by atoms with van der Waals surface area (Å²) in [7, 11) is 1.67. The summed E-state index contributed by atoms with van der Waals surface area (Å²) >= 11 is 0. The van der Waals surface area contributed by atoms with Crippen molar-refractivity contribution in [3.05, 3.63) is 41.9 Å². The number of hydrogen-bond acceptors (Lipinski definition) is 3. The lowest BCUT2D eigenvalue weighted by molar-refractivity contribution is 0.414. The average Bonchev–Trinajstić information content (AvgIpc) is 2.30. The minimum absolute atomic E-state index is 0.864. The minimum Gasteiger partial charge on any atom is -0.497 e. The zero-order valence-corrected chi connectivity index (χ0v) is 9.69. The number of aromatic nitrogens is 2. The maximum atomic E-state index is 5.18. The lowest BCUT2D eigenvalue weighted by Gasteiger charge is -2.08. The summed E-state index contributed by atoms with van der Waals surface area (Å²) in [6.45, 7) is 4.01. The van der Waals surface area contributed by atoms with E-state index in [1.165, 1.54) is 0 Å². The van der Waals surface area contributed by atoms with Gasteiger partial charge in [-0.1, -0.05) is 0 Å². The van der Waals surface area contributed by atoms with Crippen LogP contribution in [0.5, 0.6) is 5.75 Å². The van der Waals surface area contributed by atoms with Gasteiger partial charge in [0.05, 0.1) is 18.5 Å². The molecule has 0 saturated carbocycles. The Morgan fingerprint density at radius 3 is 2.44 bits per heavy atom. The van der Waals surface area contributed by atoms with Crippen LogP contribution in [0.1, 0.15) is 11.3 Å². The fraction of sp³-hybridized carbons (Fsp3) is 0.231. The largest absolute Gasteiger partial charge is 0.497 e. The van der Waals surface area contributed by atoms with Crippen molar-refractivity contribution >= 4 is 0 Å². The molecule has 0 fully saturated rings. The predicted octanol–water partition coefficient (Wildman–Crippen LogP) is 2.77. The standard InChI is InChI=1S/C13H14N2O/c1-9-8-11(16-3)4-5-12(9)13-10(2)14-6-7-15-13/h4-8H,1-3H3. The number of nitrogens with zero attached hydrogens (tertiary/aromatic N) is 2. The highest BCUT2D eigenvalue weighted by Crippen LogP contribution is 2.26. The zero-order valence-electron chi connectivity index (χ0n) is 9.69. The first-order valence-electron chi connectivity index (χ1n) is 5.15. The van der Waals surface area contributed by atoms with E-state index >= 15 is 0 Å². The molecule has 0 amide bonds. The lowest BCUT2D eigenvalue weighted by Crippen LogP contribution is -1.93. The first kappa shape index (κ1) is 10.6. The van der Waals surface area contributed by atoms with Crippen LogP contribution in [0.4, 0.5) is 0 Å². The molecule has 0 aliphatic rings. The van der Waals surface area contributed by atoms with Crippen LogP contribution < -0.4 is 4.74 Å². The fourth-order valence-corrected chi connectivity index (χ4v) is 1.70. The predicted molar refractivity (Wildman–Crippen MR) is 63.5 cm³/mol. The summed E-state index contributed by atoms with van der Waals surface area (Å²) in [5.74, 6) is 0.864. The van der Waals surface area contributed by atoms with Gasteiger partial charge >= 0.3 is 0 Å². The van der Waals surface area contributed by atoms with Crippen molar-refractivity contribution in [3.8, 4) is 17.0 Å². The number of methoxy groups -OCH3 is 1. The van der Waals surface area contributed by atoms with Crippen LogP contribution in [0, 0.1) is 13.8 Å². The van der Waals surface area contributed by atoms with E-state index in [0.717, 1.165) is 28.3 Å². The van der Waals surface area contributed by atoms with E-state index in [-0.39, 0.29) is 0 Å². The minimum atomic E-state index is 0.864. The molecule has 3 heteroatoms. The number of ether oxygens (including phenoxy) is 1. The van der Waals surface area contributed by atoms with Crippen molar-refractivity contribution in [2.45, 2.75) is 13.8 Å². The maximum Gasteiger partial charge on any atom is 0.119 e. The van der Waals surface area contributed by atoms with Crippen LogP contribution in [0.3, 0.4) is 0 Å². The smallest absolute Gasteiger partial charge is 0.119 e. The van der Waals surface area contributed by atoms with Gasteiger partial charge < -0.3 is 4.74 Å². The molecule has 0 aliphatic heterocycles. The molecule has 0 radical (unpaired) electrons. The summed E-state index contributed by atoms with van der Waals surface area (Å²) in [6.07, 6.45) is 3.42. The van der Waals surface area contributed by atoms with Crippen molar-refractivity contribution in [2.24, 2.45) is 0 Å². The van der Waals surface area contributed by atoms with Gasteiger partial charge in [0.1, 0.15) is 5.75 Å². The summed E-state index contributed by atoms with van der Waals surface area (Å²) in [5.41, 5.74) is 4.12. The summed E-state index contributed by atoms with van der Waals surface area (Å²) in [4.78, 5) is 8.61. The SMILES string of the molecule is COc1ccc(-c2nccnc2C)c(C)c1. The Morgan fingerprint density at radius 2 is 1.81 bits per heavy atom. The third-order valence-electron chi connectivity index (χ3n) is 2.57. The van der Waals surface area contributed by atoms with Crippen molar-refractivity contribution in [1.29, 1.82) is 0 Å². The second-order valence-electron chi connectivity index (χ2n) is 3.67. The van der Waals surface area contributed by atoms with Gasteiger partial charge in [0.2, 0.25) is 0 Å². The second-order valence-corrected chi connectivity index (χ2v) is 3.67. The fourth-order valence-electron chi connectivity index (χ4n) is 1.70. The van der Waals surface area contributed by atoms with Gasteiger partial charge in [0, 0.05) is 18.0 Å². The molecule has 0 spiro atoms. The summed E-state index contributed by atoms with van der Waals surface area (Å²) in [5, 5.41) is 0. The van der Waals surface area contributed by atoms with Gasteiger partial charge in [-0.25, -0.2) is 0 Å². The second kappa shape index (κ2) is 4.31. The quantitative estimate of drug-likeness (QED) is 0.771. The highest BCUT2D eigenvalue weighted by Gasteiger charge is 2.07. The molecular weight excluding hydrogens is 200 g/mol. The van der Waals surface area contributed by atoms with Crippen LogP contribution in [-0.2, 0) is 0 Å². The van der Waals surface area contributed by atoms with Crippen LogP contribution >= 0.6 is 0 Å². The van der Waals surface area contributed by atoms with E-state index in [4.69, 9.17) is 4.74 Å². The maximum absolute atomic E-state index is 5.18. The molecule has 0 N–H and O–H groups in total. The van der Waals surface area contributed by atoms with Crippen molar-refractivity contribution in [1.82, 2.24) is 9.97 Å².